The number of hydrogen-bond acceptors (Lipinski definition) is 3. The van der Waals surface area contributed by atoms with Gasteiger partial charge in [0.05, 0.1) is 11.1 Å². The van der Waals surface area contributed by atoms with Crippen LogP contribution in [0, 0.1) is 13.8 Å². The summed E-state index contributed by atoms with van der Waals surface area (Å²) in [5, 5.41) is 3.74. The molecule has 0 fully saturated rings. The van der Waals surface area contributed by atoms with Gasteiger partial charge in [-0.2, -0.15) is 0 Å². The van der Waals surface area contributed by atoms with Gasteiger partial charge in [-0.3, -0.25) is 4.79 Å². The maximum atomic E-state index is 12.7. The van der Waals surface area contributed by atoms with Gasteiger partial charge in [0.15, 0.2) is 11.0 Å². The molecule has 3 aromatic rings. The van der Waals surface area contributed by atoms with Gasteiger partial charge in [0.25, 0.3) is 0 Å². The lowest BCUT2D eigenvalue weighted by molar-refractivity contribution is 0.615. The van der Waals surface area contributed by atoms with E-state index in [2.05, 4.69) is 5.32 Å². The van der Waals surface area contributed by atoms with E-state index < -0.39 is 0 Å². The van der Waals surface area contributed by atoms with Crippen molar-refractivity contribution in [2.24, 2.45) is 0 Å². The molecule has 3 heteroatoms. The first-order valence-electron chi connectivity index (χ1n) is 6.93. The minimum atomic E-state index is 0.0321. The van der Waals surface area contributed by atoms with Gasteiger partial charge in [-0.25, -0.2) is 0 Å². The molecule has 3 rings (SSSR count). The highest BCUT2D eigenvalue weighted by molar-refractivity contribution is 5.92. The van der Waals surface area contributed by atoms with E-state index >= 15 is 0 Å². The first kappa shape index (κ1) is 13.4. The minimum absolute atomic E-state index is 0.0321. The normalized spacial score (nSPS) is 10.8. The fourth-order valence-electron chi connectivity index (χ4n) is 2.60. The van der Waals surface area contributed by atoms with Crippen molar-refractivity contribution in [3.05, 3.63) is 63.8 Å². The number of hydrogen-bond donors (Lipinski definition) is 1. The lowest BCUT2D eigenvalue weighted by Crippen LogP contribution is -2.09. The topological polar surface area (TPSA) is 42.2 Å². The summed E-state index contributed by atoms with van der Waals surface area (Å²) in [5.74, 6) is 0.634. The number of rotatable bonds is 2. The quantitative estimate of drug-likeness (QED) is 0.767. The summed E-state index contributed by atoms with van der Waals surface area (Å²) in [4.78, 5) is 12.7. The second-order valence-electron chi connectivity index (χ2n) is 5.14. The molecule has 3 nitrogen and oxygen atoms in total. The maximum absolute atomic E-state index is 12.7. The molecule has 0 aliphatic rings. The smallest absolute Gasteiger partial charge is 0.196 e. The predicted molar refractivity (Wildman–Crippen MR) is 86.9 cm³/mol. The van der Waals surface area contributed by atoms with Crippen LogP contribution in [-0.4, -0.2) is 7.05 Å². The van der Waals surface area contributed by atoms with Gasteiger partial charge in [0, 0.05) is 18.2 Å². The van der Waals surface area contributed by atoms with E-state index in [0.717, 1.165) is 16.8 Å². The maximum Gasteiger partial charge on any atom is 0.196 e. The minimum Gasteiger partial charge on any atom is -0.453 e. The molecule has 0 radical (unpaired) electrons. The Hall–Kier alpha value is -2.55. The van der Waals surface area contributed by atoms with Crippen molar-refractivity contribution in [3.63, 3.8) is 0 Å². The van der Waals surface area contributed by atoms with E-state index in [-0.39, 0.29) is 5.43 Å². The Kier molecular flexibility index (Phi) is 3.26. The van der Waals surface area contributed by atoms with Crippen LogP contribution in [0.2, 0.25) is 0 Å². The van der Waals surface area contributed by atoms with Crippen LogP contribution in [-0.2, 0) is 0 Å². The number of nitrogens with one attached hydrogen (secondary N) is 1. The van der Waals surface area contributed by atoms with E-state index in [0.29, 0.717) is 22.3 Å². The molecule has 0 saturated carbocycles. The van der Waals surface area contributed by atoms with Crippen molar-refractivity contribution in [1.29, 1.82) is 0 Å². The SMILES string of the molecule is CNc1ccc(C)c2c(=O)c(C)c(-c3ccccc3)oc12. The molecule has 0 aliphatic carbocycles. The summed E-state index contributed by atoms with van der Waals surface area (Å²) in [6.45, 7) is 3.75. The van der Waals surface area contributed by atoms with E-state index in [9.17, 15) is 4.79 Å². The third kappa shape index (κ3) is 2.11. The van der Waals surface area contributed by atoms with Crippen LogP contribution < -0.4 is 10.7 Å². The number of anilines is 1. The van der Waals surface area contributed by atoms with Crippen LogP contribution in [0.4, 0.5) is 5.69 Å². The zero-order valence-electron chi connectivity index (χ0n) is 12.4. The standard InChI is InChI=1S/C18H17NO2/c1-11-9-10-14(19-3)18-15(11)16(20)12(2)17(21-18)13-7-5-4-6-8-13/h4-10,19H,1-3H3. The van der Waals surface area contributed by atoms with E-state index in [1.165, 1.54) is 0 Å². The van der Waals surface area contributed by atoms with Crippen molar-refractivity contribution >= 4 is 16.7 Å². The summed E-state index contributed by atoms with van der Waals surface area (Å²) in [6, 6.07) is 13.6. The highest BCUT2D eigenvalue weighted by Gasteiger charge is 2.16. The first-order chi connectivity index (χ1) is 10.1. The first-order valence-corrected chi connectivity index (χ1v) is 6.93. The molecule has 106 valence electrons. The Morgan fingerprint density at radius 3 is 2.38 bits per heavy atom. The van der Waals surface area contributed by atoms with Crippen molar-refractivity contribution in [1.82, 2.24) is 0 Å². The molecule has 1 heterocycles. The van der Waals surface area contributed by atoms with E-state index in [4.69, 9.17) is 4.42 Å². The van der Waals surface area contributed by atoms with Gasteiger partial charge in [0.1, 0.15) is 5.76 Å². The highest BCUT2D eigenvalue weighted by atomic mass is 16.3. The van der Waals surface area contributed by atoms with Gasteiger partial charge >= 0.3 is 0 Å². The monoisotopic (exact) mass is 279 g/mol. The predicted octanol–water partition coefficient (Wildman–Crippen LogP) is 4.12. The number of fused-ring (bicyclic) bond motifs is 1. The molecule has 0 atom stereocenters. The summed E-state index contributed by atoms with van der Waals surface area (Å²) in [7, 11) is 1.83. The van der Waals surface area contributed by atoms with Crippen molar-refractivity contribution < 1.29 is 4.42 Å². The molecule has 0 aliphatic heterocycles. The Balaban J connectivity index is 2.45. The molecule has 2 aromatic carbocycles. The molecular weight excluding hydrogens is 262 g/mol. The van der Waals surface area contributed by atoms with Crippen LogP contribution in [0.3, 0.4) is 0 Å². The highest BCUT2D eigenvalue weighted by Crippen LogP contribution is 2.30. The Morgan fingerprint density at radius 1 is 1.00 bits per heavy atom. The van der Waals surface area contributed by atoms with Gasteiger partial charge in [0.2, 0.25) is 0 Å². The zero-order valence-corrected chi connectivity index (χ0v) is 12.4. The molecule has 1 aromatic heterocycles. The molecule has 0 amide bonds. The summed E-state index contributed by atoms with van der Waals surface area (Å²) >= 11 is 0. The van der Waals surface area contributed by atoms with Crippen LogP contribution in [0.15, 0.2) is 51.7 Å². The van der Waals surface area contributed by atoms with Crippen LogP contribution >= 0.6 is 0 Å². The molecule has 0 bridgehead atoms. The van der Waals surface area contributed by atoms with Crippen LogP contribution in [0.5, 0.6) is 0 Å². The fourth-order valence-corrected chi connectivity index (χ4v) is 2.60. The Morgan fingerprint density at radius 2 is 1.71 bits per heavy atom. The van der Waals surface area contributed by atoms with Crippen molar-refractivity contribution in [2.75, 3.05) is 12.4 Å². The van der Waals surface area contributed by atoms with Gasteiger partial charge < -0.3 is 9.73 Å². The van der Waals surface area contributed by atoms with Crippen LogP contribution in [0.25, 0.3) is 22.3 Å². The average molecular weight is 279 g/mol. The van der Waals surface area contributed by atoms with Crippen LogP contribution in [0.1, 0.15) is 11.1 Å². The summed E-state index contributed by atoms with van der Waals surface area (Å²) < 4.78 is 6.10. The molecular formula is C18H17NO2. The third-order valence-electron chi connectivity index (χ3n) is 3.78. The average Bonchev–Trinajstić information content (AvgIpc) is 2.51. The Labute approximate surface area is 123 Å². The van der Waals surface area contributed by atoms with Crippen molar-refractivity contribution in [2.45, 2.75) is 13.8 Å². The lowest BCUT2D eigenvalue weighted by atomic mass is 10.0. The molecule has 21 heavy (non-hydrogen) atoms. The van der Waals surface area contributed by atoms with Gasteiger partial charge in [-0.15, -0.1) is 0 Å². The van der Waals surface area contributed by atoms with E-state index in [1.807, 2.05) is 63.4 Å². The number of benzene rings is 2. The lowest BCUT2D eigenvalue weighted by Gasteiger charge is -2.11. The second-order valence-corrected chi connectivity index (χ2v) is 5.14. The molecule has 0 spiro atoms. The van der Waals surface area contributed by atoms with E-state index in [1.54, 1.807) is 0 Å². The Bertz CT molecular complexity index is 864. The summed E-state index contributed by atoms with van der Waals surface area (Å²) in [5.41, 5.74) is 3.96. The third-order valence-corrected chi connectivity index (χ3v) is 3.78. The van der Waals surface area contributed by atoms with Gasteiger partial charge in [-0.1, -0.05) is 36.4 Å². The molecule has 1 N–H and O–H groups in total. The zero-order chi connectivity index (χ0) is 15.0. The second kappa shape index (κ2) is 5.09. The largest absolute Gasteiger partial charge is 0.453 e. The number of aryl methyl sites for hydroxylation is 1. The van der Waals surface area contributed by atoms with Gasteiger partial charge in [-0.05, 0) is 25.5 Å². The van der Waals surface area contributed by atoms with Crippen molar-refractivity contribution in [3.8, 4) is 11.3 Å². The molecule has 0 saturated heterocycles. The summed E-state index contributed by atoms with van der Waals surface area (Å²) in [6.07, 6.45) is 0. The molecule has 0 unspecified atom stereocenters. The fraction of sp³-hybridized carbons (Fsp3) is 0.167.